The summed E-state index contributed by atoms with van der Waals surface area (Å²) < 4.78 is 6.06. The Labute approximate surface area is 142 Å². The molecule has 0 aliphatic carbocycles. The van der Waals surface area contributed by atoms with Gasteiger partial charge in [-0.05, 0) is 19.9 Å². The average molecular weight is 350 g/mol. The van der Waals surface area contributed by atoms with Crippen molar-refractivity contribution >= 4 is 28.6 Å². The van der Waals surface area contributed by atoms with E-state index >= 15 is 0 Å². The number of nitro groups is 1. The van der Waals surface area contributed by atoms with Gasteiger partial charge in [-0.25, -0.2) is 4.79 Å². The first-order valence-corrected chi connectivity index (χ1v) is 7.69. The molecule has 1 heterocycles. The van der Waals surface area contributed by atoms with Gasteiger partial charge in [-0.3, -0.25) is 24.3 Å². The van der Waals surface area contributed by atoms with Crippen molar-refractivity contribution in [1.29, 1.82) is 0 Å². The van der Waals surface area contributed by atoms with Crippen LogP contribution in [-0.2, 0) is 16.1 Å². The molecule has 0 aliphatic rings. The Kier molecular flexibility index (Phi) is 5.52. The highest BCUT2D eigenvalue weighted by molar-refractivity contribution is 5.85. The fourth-order valence-corrected chi connectivity index (χ4v) is 2.36. The van der Waals surface area contributed by atoms with Crippen LogP contribution in [0.1, 0.15) is 13.8 Å². The van der Waals surface area contributed by atoms with Gasteiger partial charge in [0.05, 0.1) is 23.1 Å². The van der Waals surface area contributed by atoms with Gasteiger partial charge >= 0.3 is 5.76 Å². The Balaban J connectivity index is 2.25. The van der Waals surface area contributed by atoms with Crippen LogP contribution in [0, 0.1) is 10.1 Å². The maximum absolute atomic E-state index is 12.4. The number of nitro benzene ring substituents is 1. The van der Waals surface area contributed by atoms with Gasteiger partial charge in [-0.15, -0.1) is 0 Å². The van der Waals surface area contributed by atoms with Crippen molar-refractivity contribution in [3.63, 3.8) is 0 Å². The molecule has 1 aromatic carbocycles. The van der Waals surface area contributed by atoms with Crippen molar-refractivity contribution in [3.8, 4) is 0 Å². The van der Waals surface area contributed by atoms with Gasteiger partial charge in [0.1, 0.15) is 6.54 Å². The predicted octanol–water partition coefficient (Wildman–Crippen LogP) is 0.487. The number of carbonyl (C=O) groups excluding carboxylic acids is 2. The van der Waals surface area contributed by atoms with E-state index in [1.165, 1.54) is 17.0 Å². The molecule has 0 fully saturated rings. The highest BCUT2D eigenvalue weighted by Gasteiger charge is 2.20. The zero-order chi connectivity index (χ0) is 18.6. The van der Waals surface area contributed by atoms with E-state index in [2.05, 4.69) is 5.32 Å². The van der Waals surface area contributed by atoms with Crippen molar-refractivity contribution in [2.45, 2.75) is 20.4 Å². The first kappa shape index (κ1) is 18.2. The molecule has 134 valence electrons. The summed E-state index contributed by atoms with van der Waals surface area (Å²) in [5.41, 5.74) is 0.0861. The van der Waals surface area contributed by atoms with Crippen molar-refractivity contribution in [2.24, 2.45) is 0 Å². The summed E-state index contributed by atoms with van der Waals surface area (Å²) in [6.45, 7) is 3.81. The minimum absolute atomic E-state index is 0.0266. The number of amides is 2. The molecule has 1 aromatic heterocycles. The quantitative estimate of drug-likeness (QED) is 0.572. The maximum atomic E-state index is 12.4. The first-order valence-electron chi connectivity index (χ1n) is 7.69. The largest absolute Gasteiger partial charge is 0.420 e. The third kappa shape index (κ3) is 4.03. The van der Waals surface area contributed by atoms with Gasteiger partial charge in [-0.2, -0.15) is 0 Å². The Bertz CT molecular complexity index is 869. The normalized spacial score (nSPS) is 10.6. The van der Waals surface area contributed by atoms with Gasteiger partial charge < -0.3 is 14.6 Å². The number of oxazole rings is 1. The highest BCUT2D eigenvalue weighted by atomic mass is 16.6. The maximum Gasteiger partial charge on any atom is 0.420 e. The number of non-ortho nitro benzene ring substituents is 1. The summed E-state index contributed by atoms with van der Waals surface area (Å²) in [5.74, 6) is -1.52. The predicted molar refractivity (Wildman–Crippen MR) is 88.1 cm³/mol. The van der Waals surface area contributed by atoms with Crippen LogP contribution in [0.5, 0.6) is 0 Å². The van der Waals surface area contributed by atoms with Crippen LogP contribution in [0.3, 0.4) is 0 Å². The number of hydrogen-bond acceptors (Lipinski definition) is 6. The van der Waals surface area contributed by atoms with Gasteiger partial charge in [-0.1, -0.05) is 0 Å². The average Bonchev–Trinajstić information content (AvgIpc) is 2.87. The number of rotatable bonds is 7. The number of fused-ring (bicyclic) bond motifs is 1. The summed E-state index contributed by atoms with van der Waals surface area (Å²) in [6.07, 6.45) is 0. The van der Waals surface area contributed by atoms with Crippen molar-refractivity contribution in [1.82, 2.24) is 14.8 Å². The van der Waals surface area contributed by atoms with E-state index in [1.807, 2.05) is 0 Å². The zero-order valence-corrected chi connectivity index (χ0v) is 13.9. The molecule has 10 heteroatoms. The molecule has 0 bridgehead atoms. The number of nitrogens with one attached hydrogen (secondary N) is 1. The molecule has 0 spiro atoms. The molecule has 0 saturated heterocycles. The molecule has 1 N–H and O–H groups in total. The second kappa shape index (κ2) is 7.60. The van der Waals surface area contributed by atoms with Crippen LogP contribution in [0.25, 0.3) is 11.1 Å². The monoisotopic (exact) mass is 350 g/mol. The SMILES string of the molecule is CCNC(=O)CN(CC)C(=O)Cn1c(=O)oc2cc([N+](=O)[O-])ccc21. The molecular formula is C15H18N4O6. The molecule has 0 atom stereocenters. The third-order valence-electron chi connectivity index (χ3n) is 3.60. The number of aromatic nitrogens is 1. The van der Waals surface area contributed by atoms with E-state index in [0.717, 1.165) is 10.6 Å². The summed E-state index contributed by atoms with van der Waals surface area (Å²) >= 11 is 0. The summed E-state index contributed by atoms with van der Waals surface area (Å²) in [5, 5.41) is 13.4. The number of nitrogens with zero attached hydrogens (tertiary/aromatic N) is 3. The summed E-state index contributed by atoms with van der Waals surface area (Å²) in [6, 6.07) is 3.71. The minimum atomic E-state index is -0.794. The van der Waals surface area contributed by atoms with Gasteiger partial charge in [0, 0.05) is 19.2 Å². The lowest BCUT2D eigenvalue weighted by Crippen LogP contribution is -2.42. The Morgan fingerprint density at radius 2 is 2.08 bits per heavy atom. The molecule has 0 unspecified atom stereocenters. The standard InChI is InChI=1S/C15H18N4O6/c1-3-16-13(20)8-17(4-2)14(21)9-18-11-6-5-10(19(23)24)7-12(11)25-15(18)22/h5-7H,3-4,8-9H2,1-2H3,(H,16,20). The minimum Gasteiger partial charge on any atom is -0.407 e. The van der Waals surface area contributed by atoms with Crippen LogP contribution in [0.15, 0.2) is 27.4 Å². The molecular weight excluding hydrogens is 332 g/mol. The lowest BCUT2D eigenvalue weighted by atomic mass is 10.3. The van der Waals surface area contributed by atoms with E-state index in [4.69, 9.17) is 4.42 Å². The van der Waals surface area contributed by atoms with E-state index in [-0.39, 0.29) is 35.8 Å². The van der Waals surface area contributed by atoms with Crippen LogP contribution in [0.2, 0.25) is 0 Å². The van der Waals surface area contributed by atoms with E-state index in [9.17, 15) is 24.5 Å². The van der Waals surface area contributed by atoms with Crippen molar-refractivity contribution < 1.29 is 18.9 Å². The molecule has 2 rings (SSSR count). The van der Waals surface area contributed by atoms with E-state index < -0.39 is 16.6 Å². The summed E-state index contributed by atoms with van der Waals surface area (Å²) in [4.78, 5) is 47.5. The molecule has 2 aromatic rings. The zero-order valence-electron chi connectivity index (χ0n) is 13.9. The van der Waals surface area contributed by atoms with Gasteiger partial charge in [0.15, 0.2) is 5.58 Å². The Morgan fingerprint density at radius 1 is 1.36 bits per heavy atom. The number of carbonyl (C=O) groups is 2. The first-order chi connectivity index (χ1) is 11.9. The second-order valence-electron chi connectivity index (χ2n) is 5.22. The molecule has 2 amide bonds. The molecule has 10 nitrogen and oxygen atoms in total. The van der Waals surface area contributed by atoms with Crippen LogP contribution in [0.4, 0.5) is 5.69 Å². The Morgan fingerprint density at radius 3 is 2.68 bits per heavy atom. The van der Waals surface area contributed by atoms with E-state index in [1.54, 1.807) is 13.8 Å². The van der Waals surface area contributed by atoms with E-state index in [0.29, 0.717) is 13.1 Å². The molecule has 0 radical (unpaired) electrons. The Hall–Kier alpha value is -3.17. The number of benzene rings is 1. The lowest BCUT2D eigenvalue weighted by molar-refractivity contribution is -0.384. The molecule has 25 heavy (non-hydrogen) atoms. The topological polar surface area (TPSA) is 128 Å². The second-order valence-corrected chi connectivity index (χ2v) is 5.22. The van der Waals surface area contributed by atoms with Crippen molar-refractivity contribution in [3.05, 3.63) is 38.9 Å². The molecule has 0 aliphatic heterocycles. The smallest absolute Gasteiger partial charge is 0.407 e. The lowest BCUT2D eigenvalue weighted by Gasteiger charge is -2.20. The van der Waals surface area contributed by atoms with Gasteiger partial charge in [0.2, 0.25) is 11.8 Å². The van der Waals surface area contributed by atoms with Crippen LogP contribution >= 0.6 is 0 Å². The third-order valence-corrected chi connectivity index (χ3v) is 3.60. The van der Waals surface area contributed by atoms with Crippen molar-refractivity contribution in [2.75, 3.05) is 19.6 Å². The fraction of sp³-hybridized carbons (Fsp3) is 0.400. The number of likely N-dealkylation sites (N-methyl/N-ethyl adjacent to an activating group) is 2. The number of hydrogen-bond donors (Lipinski definition) is 1. The highest BCUT2D eigenvalue weighted by Crippen LogP contribution is 2.20. The summed E-state index contributed by atoms with van der Waals surface area (Å²) in [7, 11) is 0. The van der Waals surface area contributed by atoms with Crippen LogP contribution in [-0.4, -0.2) is 45.8 Å². The fourth-order valence-electron chi connectivity index (χ4n) is 2.36. The van der Waals surface area contributed by atoms with Crippen LogP contribution < -0.4 is 11.1 Å². The molecule has 0 saturated carbocycles. The van der Waals surface area contributed by atoms with Gasteiger partial charge in [0.25, 0.3) is 5.69 Å².